The second-order valence-electron chi connectivity index (χ2n) is 34.5. The van der Waals surface area contributed by atoms with E-state index in [-0.39, 0.29) is 449 Å². The topological polar surface area (TPSA) is 482 Å². The molecule has 4 amide bonds. The molecule has 0 radical (unpaired) electrons. The molecule has 0 bridgehead atoms. The van der Waals surface area contributed by atoms with E-state index >= 15 is 0 Å². The lowest BCUT2D eigenvalue weighted by Crippen LogP contribution is -2.43. The molecule has 782 valence electrons. The average molecular weight is 1940 g/mol. The number of ether oxygens (including phenoxy) is 10. The fourth-order valence-corrected chi connectivity index (χ4v) is 15.0. The van der Waals surface area contributed by atoms with Crippen molar-refractivity contribution in [3.8, 4) is 0 Å². The molecule has 0 saturated heterocycles. The molecule has 0 aromatic carbocycles. The number of ketones is 16. The Bertz CT molecular complexity index is 3270. The minimum atomic E-state index is -1.22. The molecule has 4 N–H and O–H groups in total. The summed E-state index contributed by atoms with van der Waals surface area (Å²) in [6, 6.07) is 0. The lowest BCUT2D eigenvalue weighted by molar-refractivity contribution is -0.132. The molecular weight excluding hydrogens is 1760 g/mol. The van der Waals surface area contributed by atoms with Crippen LogP contribution < -0.4 is 21.3 Å². The first kappa shape index (κ1) is 132. The van der Waals surface area contributed by atoms with E-state index in [2.05, 4.69) is 21.3 Å². The highest BCUT2D eigenvalue weighted by Crippen LogP contribution is 2.28. The molecular formula is C102H174N4O30. The highest BCUT2D eigenvalue weighted by atomic mass is 16.6. The average Bonchev–Trinajstić information content (AvgIpc) is 0.862. The van der Waals surface area contributed by atoms with E-state index in [1.165, 1.54) is 7.11 Å². The lowest BCUT2D eigenvalue weighted by Gasteiger charge is -2.33. The number of Topliss-reactive ketones (excluding diaryl/α,β-unsaturated/α-hetero) is 16. The smallest absolute Gasteiger partial charge is 0.223 e. The van der Waals surface area contributed by atoms with Crippen LogP contribution in [0, 0.1) is 52.8 Å². The van der Waals surface area contributed by atoms with Gasteiger partial charge in [0, 0.05) is 235 Å². The SMILES string of the molecule is C.C.CCNC(=O)C(CCC(=O)COCCOCC(COCCOCC(=O)CCC(CCC(=O)CC(CCC(=O)CC)C(=O)CC)C(=O)NCC)(COCCOCC(=O)CCC(CCC(=O)CC(CCC(=O)CC)C(=O)CC)C(=O)NCC)COCCOCC(=O)CCC(CCC(=O)CC(CCC(=O)CC)C(=O)CC)C(=O)NCCOCCOC)CCC(=O)CC(CCC(=O)CC)C(=O)CC. The third-order valence-electron chi connectivity index (χ3n) is 23.6. The van der Waals surface area contributed by atoms with Crippen molar-refractivity contribution in [2.75, 3.05) is 159 Å². The molecule has 0 spiro atoms. The van der Waals surface area contributed by atoms with E-state index in [1.807, 2.05) is 0 Å². The Hall–Kier alpha value is -7.80. The van der Waals surface area contributed by atoms with Crippen LogP contribution in [0.5, 0.6) is 0 Å². The Kier molecular flexibility index (Phi) is 81.8. The van der Waals surface area contributed by atoms with Crippen LogP contribution in [0.1, 0.15) is 322 Å². The maximum Gasteiger partial charge on any atom is 0.223 e. The maximum absolute atomic E-state index is 13.7. The van der Waals surface area contributed by atoms with Crippen molar-refractivity contribution in [1.29, 1.82) is 0 Å². The second kappa shape index (κ2) is 84.1. The van der Waals surface area contributed by atoms with Gasteiger partial charge in [-0.2, -0.15) is 0 Å². The Morgan fingerprint density at radius 2 is 0.404 bits per heavy atom. The largest absolute Gasteiger partial charge is 0.382 e. The summed E-state index contributed by atoms with van der Waals surface area (Å²) in [6.45, 7) is 17.9. The van der Waals surface area contributed by atoms with Crippen LogP contribution in [0.15, 0.2) is 0 Å². The van der Waals surface area contributed by atoms with Gasteiger partial charge in [0.05, 0.1) is 105 Å². The van der Waals surface area contributed by atoms with Gasteiger partial charge in [-0.1, -0.05) is 70.2 Å². The number of hydrogen-bond donors (Lipinski definition) is 4. The molecule has 8 atom stereocenters. The van der Waals surface area contributed by atoms with E-state index in [1.54, 1.807) is 76.2 Å². The van der Waals surface area contributed by atoms with Gasteiger partial charge in [0.25, 0.3) is 0 Å². The van der Waals surface area contributed by atoms with Crippen molar-refractivity contribution in [3.05, 3.63) is 0 Å². The van der Waals surface area contributed by atoms with Gasteiger partial charge in [0.15, 0.2) is 23.1 Å². The molecule has 0 fully saturated rings. The number of methoxy groups -OCH3 is 1. The first-order valence-electron chi connectivity index (χ1n) is 49.3. The normalized spacial score (nSPS) is 13.4. The predicted molar refractivity (Wildman–Crippen MR) is 514 cm³/mol. The summed E-state index contributed by atoms with van der Waals surface area (Å²) in [5.74, 6) is -9.63. The van der Waals surface area contributed by atoms with E-state index < -0.39 is 58.7 Å². The van der Waals surface area contributed by atoms with Gasteiger partial charge in [-0.15, -0.1) is 0 Å². The Balaban J connectivity index is -0.0000884. The molecule has 0 aliphatic heterocycles. The zero-order valence-corrected chi connectivity index (χ0v) is 83.1. The Labute approximate surface area is 810 Å². The zero-order valence-electron chi connectivity index (χ0n) is 83.1. The number of rotatable bonds is 97. The van der Waals surface area contributed by atoms with Crippen molar-refractivity contribution < 1.29 is 143 Å². The van der Waals surface area contributed by atoms with Crippen molar-refractivity contribution in [3.63, 3.8) is 0 Å². The zero-order chi connectivity index (χ0) is 100. The summed E-state index contributed by atoms with van der Waals surface area (Å²) in [5, 5.41) is 11.2. The van der Waals surface area contributed by atoms with Gasteiger partial charge in [-0.3, -0.25) is 95.9 Å². The number of amides is 4. The third-order valence-corrected chi connectivity index (χ3v) is 23.6. The van der Waals surface area contributed by atoms with Gasteiger partial charge < -0.3 is 68.6 Å². The van der Waals surface area contributed by atoms with E-state index in [0.717, 1.165) is 0 Å². The molecule has 136 heavy (non-hydrogen) atoms. The van der Waals surface area contributed by atoms with Crippen molar-refractivity contribution in [2.45, 2.75) is 322 Å². The lowest BCUT2D eigenvalue weighted by atomic mass is 9.87. The molecule has 34 nitrogen and oxygen atoms in total. The summed E-state index contributed by atoms with van der Waals surface area (Å²) in [5.41, 5.74) is -1.22. The molecule has 0 rings (SSSR count). The molecule has 0 aromatic rings. The fourth-order valence-electron chi connectivity index (χ4n) is 15.0. The van der Waals surface area contributed by atoms with Crippen LogP contribution in [-0.2, 0) is 143 Å². The summed E-state index contributed by atoms with van der Waals surface area (Å²) in [6.07, 6.45) is 4.00. The quantitative estimate of drug-likeness (QED) is 0.0411. The minimum Gasteiger partial charge on any atom is -0.382 e. The van der Waals surface area contributed by atoms with Gasteiger partial charge in [-0.05, 0) is 97.8 Å². The molecule has 0 aliphatic rings. The summed E-state index contributed by atoms with van der Waals surface area (Å²) >= 11 is 0. The molecule has 0 saturated carbocycles. The third kappa shape index (κ3) is 65.9. The van der Waals surface area contributed by atoms with Gasteiger partial charge in [-0.25, -0.2) is 0 Å². The van der Waals surface area contributed by atoms with Crippen molar-refractivity contribution >= 4 is 116 Å². The molecule has 0 heterocycles. The fraction of sp³-hybridized carbons (Fsp3) is 0.804. The Morgan fingerprint density at radius 1 is 0.213 bits per heavy atom. The van der Waals surface area contributed by atoms with Crippen LogP contribution in [0.4, 0.5) is 0 Å². The first-order valence-corrected chi connectivity index (χ1v) is 49.3. The van der Waals surface area contributed by atoms with E-state index in [0.29, 0.717) is 58.5 Å². The number of nitrogens with one attached hydrogen (secondary N) is 4. The first-order chi connectivity index (χ1) is 64.2. The molecule has 0 aliphatic carbocycles. The predicted octanol–water partition coefficient (Wildman–Crippen LogP) is 11.8. The van der Waals surface area contributed by atoms with Gasteiger partial charge in [0.1, 0.15) is 95.8 Å². The van der Waals surface area contributed by atoms with Crippen LogP contribution in [0.3, 0.4) is 0 Å². The van der Waals surface area contributed by atoms with Crippen molar-refractivity contribution in [1.82, 2.24) is 21.3 Å². The van der Waals surface area contributed by atoms with Crippen LogP contribution >= 0.6 is 0 Å². The van der Waals surface area contributed by atoms with Gasteiger partial charge in [0.2, 0.25) is 23.6 Å². The maximum atomic E-state index is 13.7. The number of carbonyl (C=O) groups excluding carboxylic acids is 20. The van der Waals surface area contributed by atoms with Crippen LogP contribution in [-0.4, -0.2) is 275 Å². The standard InChI is InChI=1S/C100H166N4O30.2CH4/c1-13-80(105)36-32-76(92(117)17-5)60-84(109)40-24-72(96(121)101-21-9)28-44-88(113)64-127-52-56-131-68-100(69-132-57-53-128-65-89(114)45-29-73(97(122)102-22-10)25-41-85(110)61-77(93(118)18-6)33-37-81(106)14-2,70-133-58-54-129-66-90(115)46-30-74(98(123)103-23-11)26-42-86(111)62-78(94(119)19-7)34-38-82(107)15-3)71-134-59-55-130-67-91(116)47-31-75(99(124)104-48-49-126-51-50-125-12)27-43-87(112)63-79(95(120)20-8)35-39-83(108)16-4;;/h72-79H,13-71H2,1-12H3,(H,101,121)(H,102,122)(H,103,123)(H,104,124);2*1H4. The monoisotopic (exact) mass is 1940 g/mol. The summed E-state index contributed by atoms with van der Waals surface area (Å²) in [4.78, 5) is 260. The van der Waals surface area contributed by atoms with Crippen LogP contribution in [0.2, 0.25) is 0 Å². The molecule has 34 heteroatoms. The summed E-state index contributed by atoms with van der Waals surface area (Å²) < 4.78 is 58.8. The minimum absolute atomic E-state index is 0. The molecule has 8 unspecified atom stereocenters. The molecule has 0 aromatic heterocycles. The van der Waals surface area contributed by atoms with Gasteiger partial charge >= 0.3 is 0 Å². The number of hydrogen-bond acceptors (Lipinski definition) is 30. The Morgan fingerprint density at radius 3 is 0.610 bits per heavy atom. The van der Waals surface area contributed by atoms with E-state index in [9.17, 15) is 95.9 Å². The highest BCUT2D eigenvalue weighted by Gasteiger charge is 2.35. The second-order valence-corrected chi connectivity index (χ2v) is 34.5. The number of carbonyl (C=O) groups is 20. The van der Waals surface area contributed by atoms with E-state index in [4.69, 9.17) is 47.4 Å². The van der Waals surface area contributed by atoms with Crippen LogP contribution in [0.25, 0.3) is 0 Å². The highest BCUT2D eigenvalue weighted by molar-refractivity contribution is 5.93. The van der Waals surface area contributed by atoms with Crippen molar-refractivity contribution in [2.24, 2.45) is 52.8 Å². The summed E-state index contributed by atoms with van der Waals surface area (Å²) in [7, 11) is 1.53.